The van der Waals surface area contributed by atoms with Crippen molar-refractivity contribution in [3.63, 3.8) is 0 Å². The molecule has 0 aliphatic heterocycles. The third-order valence-electron chi connectivity index (χ3n) is 3.93. The van der Waals surface area contributed by atoms with Crippen molar-refractivity contribution in [2.75, 3.05) is 0 Å². The van der Waals surface area contributed by atoms with Crippen LogP contribution in [-0.4, -0.2) is 0 Å². The molecule has 1 aliphatic carbocycles. The van der Waals surface area contributed by atoms with Crippen molar-refractivity contribution in [3.8, 4) is 0 Å². The minimum absolute atomic E-state index is 0. The summed E-state index contributed by atoms with van der Waals surface area (Å²) in [4.78, 5) is 0. The zero-order valence-electron chi connectivity index (χ0n) is 19.8. The SMILES string of the molecule is C=C/C=C(\C=C/C)C(=C(\C)C1=C[C-](C)C=CC=C1)/c1ccccc1.CC.CC.[Rb+]. The fraction of sp³-hybridized carbons (Fsp3) is 0.250. The molecule has 150 valence electrons. The first kappa shape index (κ1) is 30.3. The topological polar surface area (TPSA) is 0 Å². The van der Waals surface area contributed by atoms with Gasteiger partial charge < -0.3 is 0 Å². The van der Waals surface area contributed by atoms with Gasteiger partial charge in [0.2, 0.25) is 0 Å². The average Bonchev–Trinajstić information content (AvgIpc) is 2.97. The van der Waals surface area contributed by atoms with Crippen molar-refractivity contribution in [2.24, 2.45) is 0 Å². The van der Waals surface area contributed by atoms with Crippen molar-refractivity contribution in [1.82, 2.24) is 0 Å². The van der Waals surface area contributed by atoms with Gasteiger partial charge in [-0.15, -0.1) is 17.7 Å². The molecule has 0 atom stereocenters. The summed E-state index contributed by atoms with van der Waals surface area (Å²) in [6.07, 6.45) is 18.9. The predicted octanol–water partition coefficient (Wildman–Crippen LogP) is 5.85. The van der Waals surface area contributed by atoms with Crippen molar-refractivity contribution in [3.05, 3.63) is 120 Å². The molecule has 0 unspecified atom stereocenters. The smallest absolute Gasteiger partial charge is 0.169 e. The molecule has 0 N–H and O–H groups in total. The standard InChI is InChI=1S/C24H25.2C2H6.Rb/c1-5-12-21(13-6-2)24(22-15-8-7-9-16-22)20(4)23-17-11-10-14-19(3)18-23;2*1-2;/h5-18H,1H2,2-4H3;2*1-2H3;/q-1;;;+1/b13-6-,21-12+,24-20-;;;. The molecule has 0 spiro atoms. The van der Waals surface area contributed by atoms with Crippen LogP contribution in [0.3, 0.4) is 0 Å². The van der Waals surface area contributed by atoms with Crippen LogP contribution in [0.4, 0.5) is 0 Å². The van der Waals surface area contributed by atoms with Crippen LogP contribution < -0.4 is 58.2 Å². The zero-order valence-corrected chi connectivity index (χ0v) is 24.7. The van der Waals surface area contributed by atoms with Gasteiger partial charge >= 0.3 is 58.2 Å². The Morgan fingerprint density at radius 3 is 2.17 bits per heavy atom. The second-order valence-corrected chi connectivity index (χ2v) is 5.79. The van der Waals surface area contributed by atoms with Crippen LogP contribution in [0.25, 0.3) is 5.57 Å². The molecule has 0 radical (unpaired) electrons. The van der Waals surface area contributed by atoms with Crippen LogP contribution in [0, 0.1) is 5.92 Å². The van der Waals surface area contributed by atoms with E-state index in [4.69, 9.17) is 0 Å². The second kappa shape index (κ2) is 19.1. The van der Waals surface area contributed by atoms with E-state index in [9.17, 15) is 0 Å². The number of hydrogen-bond donors (Lipinski definition) is 0. The number of benzene rings is 1. The number of rotatable bonds is 5. The van der Waals surface area contributed by atoms with Gasteiger partial charge in [-0.1, -0.05) is 108 Å². The monoisotopic (exact) mass is 458 g/mol. The van der Waals surface area contributed by atoms with E-state index in [2.05, 4.69) is 99.4 Å². The van der Waals surface area contributed by atoms with Gasteiger partial charge in [0.1, 0.15) is 0 Å². The molecule has 0 heterocycles. The Labute approximate surface area is 229 Å². The second-order valence-electron chi connectivity index (χ2n) is 5.79. The molecule has 0 nitrogen and oxygen atoms in total. The maximum absolute atomic E-state index is 3.88. The van der Waals surface area contributed by atoms with E-state index < -0.39 is 0 Å². The molecule has 0 saturated heterocycles. The van der Waals surface area contributed by atoms with E-state index in [0.29, 0.717) is 0 Å². The minimum atomic E-state index is 0. The van der Waals surface area contributed by atoms with Gasteiger partial charge in [-0.2, -0.15) is 24.1 Å². The fourth-order valence-corrected chi connectivity index (χ4v) is 2.82. The Morgan fingerprint density at radius 2 is 1.62 bits per heavy atom. The molecule has 1 aromatic carbocycles. The third-order valence-corrected chi connectivity index (χ3v) is 3.93. The Bertz CT molecular complexity index is 753. The summed E-state index contributed by atoms with van der Waals surface area (Å²) in [7, 11) is 0. The van der Waals surface area contributed by atoms with E-state index in [1.54, 1.807) is 0 Å². The first-order valence-corrected chi connectivity index (χ1v) is 10.3. The van der Waals surface area contributed by atoms with Crippen LogP contribution in [0.2, 0.25) is 0 Å². The summed E-state index contributed by atoms with van der Waals surface area (Å²) in [5.41, 5.74) is 6.10. The summed E-state index contributed by atoms with van der Waals surface area (Å²) in [6.45, 7) is 18.2. The Hall–Kier alpha value is -0.925. The van der Waals surface area contributed by atoms with Gasteiger partial charge in [-0.25, -0.2) is 0 Å². The first-order valence-electron chi connectivity index (χ1n) is 10.3. The average molecular weight is 459 g/mol. The molecular weight excluding hydrogens is 422 g/mol. The molecule has 29 heavy (non-hydrogen) atoms. The van der Waals surface area contributed by atoms with E-state index in [-0.39, 0.29) is 58.2 Å². The predicted molar refractivity (Wildman–Crippen MR) is 130 cm³/mol. The third kappa shape index (κ3) is 10.6. The van der Waals surface area contributed by atoms with E-state index in [1.165, 1.54) is 33.8 Å². The summed E-state index contributed by atoms with van der Waals surface area (Å²) in [5, 5.41) is 0. The molecule has 0 fully saturated rings. The summed E-state index contributed by atoms with van der Waals surface area (Å²) >= 11 is 0. The molecular formula is C28H37Rb. The quantitative estimate of drug-likeness (QED) is 0.383. The Balaban J connectivity index is 0. The maximum atomic E-state index is 3.88. The molecule has 2 rings (SSSR count). The fourth-order valence-electron chi connectivity index (χ4n) is 2.82. The van der Waals surface area contributed by atoms with Crippen molar-refractivity contribution in [1.29, 1.82) is 0 Å². The molecule has 0 aromatic heterocycles. The van der Waals surface area contributed by atoms with Gasteiger partial charge in [0.05, 0.1) is 0 Å². The maximum Gasteiger partial charge on any atom is 1.00 e. The van der Waals surface area contributed by atoms with Crippen molar-refractivity contribution >= 4 is 5.57 Å². The zero-order chi connectivity index (χ0) is 21.4. The molecule has 0 bridgehead atoms. The van der Waals surface area contributed by atoms with Gasteiger partial charge in [0, 0.05) is 0 Å². The first-order chi connectivity index (χ1) is 13.7. The van der Waals surface area contributed by atoms with Crippen molar-refractivity contribution < 1.29 is 58.2 Å². The molecule has 1 heteroatoms. The molecule has 1 aromatic rings. The molecule has 1 aliphatic rings. The Morgan fingerprint density at radius 1 is 1.00 bits per heavy atom. The van der Waals surface area contributed by atoms with E-state index >= 15 is 0 Å². The van der Waals surface area contributed by atoms with Gasteiger partial charge in [-0.3, -0.25) is 0 Å². The van der Waals surface area contributed by atoms with Crippen LogP contribution >= 0.6 is 0 Å². The number of hydrogen-bond acceptors (Lipinski definition) is 0. The van der Waals surface area contributed by atoms with E-state index in [1.807, 2.05) is 40.7 Å². The largest absolute Gasteiger partial charge is 1.00 e. The van der Waals surface area contributed by atoms with Crippen LogP contribution in [0.5, 0.6) is 0 Å². The van der Waals surface area contributed by atoms with Gasteiger partial charge in [0.15, 0.2) is 0 Å². The number of allylic oxidation sites excluding steroid dienone is 13. The van der Waals surface area contributed by atoms with Gasteiger partial charge in [0.25, 0.3) is 0 Å². The van der Waals surface area contributed by atoms with Crippen molar-refractivity contribution in [2.45, 2.75) is 48.5 Å². The summed E-state index contributed by atoms with van der Waals surface area (Å²) in [5.74, 6) is 1.25. The molecule has 0 amide bonds. The minimum Gasteiger partial charge on any atom is -0.169 e. The van der Waals surface area contributed by atoms with Crippen LogP contribution in [0.1, 0.15) is 54.0 Å². The summed E-state index contributed by atoms with van der Waals surface area (Å²) in [6, 6.07) is 10.5. The summed E-state index contributed by atoms with van der Waals surface area (Å²) < 4.78 is 0. The normalized spacial score (nSPS) is 13.7. The van der Waals surface area contributed by atoms with Gasteiger partial charge in [-0.05, 0) is 23.6 Å². The van der Waals surface area contributed by atoms with Crippen LogP contribution in [0.15, 0.2) is 108 Å². The van der Waals surface area contributed by atoms with Crippen LogP contribution in [-0.2, 0) is 0 Å². The van der Waals surface area contributed by atoms with E-state index in [0.717, 1.165) is 0 Å². The molecule has 0 saturated carbocycles. The Kier molecular flexibility index (Phi) is 19.9.